The van der Waals surface area contributed by atoms with Crippen molar-refractivity contribution in [2.45, 2.75) is 0 Å². The molecule has 0 radical (unpaired) electrons. The molecule has 0 spiro atoms. The summed E-state index contributed by atoms with van der Waals surface area (Å²) in [5, 5.41) is 0.457. The zero-order valence-corrected chi connectivity index (χ0v) is 15.5. The van der Waals surface area contributed by atoms with Gasteiger partial charge >= 0.3 is 0 Å². The van der Waals surface area contributed by atoms with Gasteiger partial charge in [0.2, 0.25) is 0 Å². The Bertz CT molecular complexity index is 1240. The Morgan fingerprint density at radius 2 is 1.93 bits per heavy atom. The van der Waals surface area contributed by atoms with E-state index < -0.39 is 0 Å². The van der Waals surface area contributed by atoms with E-state index >= 15 is 0 Å². The lowest BCUT2D eigenvalue weighted by atomic mass is 10.2. The fraction of sp³-hybridized carbons (Fsp3) is 0. The van der Waals surface area contributed by atoms with E-state index in [1.807, 2.05) is 6.07 Å². The molecular weight excluding hydrogens is 413 g/mol. The van der Waals surface area contributed by atoms with Gasteiger partial charge in [-0.05, 0) is 70.5 Å². The van der Waals surface area contributed by atoms with Crippen molar-refractivity contribution in [3.8, 4) is 11.3 Å². The van der Waals surface area contributed by atoms with E-state index in [1.165, 1.54) is 12.1 Å². The summed E-state index contributed by atoms with van der Waals surface area (Å²) < 4.78 is 20.6. The third-order valence-corrected chi connectivity index (χ3v) is 4.71. The van der Waals surface area contributed by atoms with Crippen molar-refractivity contribution < 1.29 is 8.81 Å². The maximum Gasteiger partial charge on any atom is 0.280 e. The number of aromatic nitrogens is 2. The first-order valence-electron chi connectivity index (χ1n) is 8.03. The van der Waals surface area contributed by atoms with Gasteiger partial charge in [0.15, 0.2) is 5.82 Å². The summed E-state index contributed by atoms with van der Waals surface area (Å²) in [5.41, 5.74) is 0.977. The molecule has 0 bridgehead atoms. The Morgan fingerprint density at radius 3 is 2.74 bits per heavy atom. The molecule has 0 atom stereocenters. The van der Waals surface area contributed by atoms with Crippen LogP contribution in [0.5, 0.6) is 0 Å². The highest BCUT2D eigenvalue weighted by Gasteiger charge is 2.09. The second-order valence-electron chi connectivity index (χ2n) is 5.82. The van der Waals surface area contributed by atoms with Crippen LogP contribution in [0, 0.1) is 5.82 Å². The zero-order valence-electron chi connectivity index (χ0n) is 13.9. The standard InChI is InChI=1S/C20H13BrFN3O2/c21-16-11-12(22)5-8-14(16)18-9-6-13(27-18)7-10-19-24-17-4-2-1-3-15(17)20(26)25(19)23/h1-11H,23H2/b10-7+. The van der Waals surface area contributed by atoms with Crippen molar-refractivity contribution in [2.75, 3.05) is 5.84 Å². The number of para-hydroxylation sites is 1. The summed E-state index contributed by atoms with van der Waals surface area (Å²) in [7, 11) is 0. The van der Waals surface area contributed by atoms with Crippen LogP contribution in [0.15, 0.2) is 68.3 Å². The maximum atomic E-state index is 13.2. The molecular formula is C20H13BrFN3O2. The summed E-state index contributed by atoms with van der Waals surface area (Å²) in [6, 6.07) is 14.9. The first-order valence-corrected chi connectivity index (χ1v) is 8.82. The molecule has 0 saturated carbocycles. The first kappa shape index (κ1) is 17.2. The number of fused-ring (bicyclic) bond motifs is 1. The Labute approximate surface area is 161 Å². The smallest absolute Gasteiger partial charge is 0.280 e. The minimum atomic E-state index is -0.333. The summed E-state index contributed by atoms with van der Waals surface area (Å²) in [5.74, 6) is 6.96. The van der Waals surface area contributed by atoms with Crippen molar-refractivity contribution in [1.29, 1.82) is 0 Å². The average molecular weight is 426 g/mol. The highest BCUT2D eigenvalue weighted by Crippen LogP contribution is 2.30. The number of nitrogen functional groups attached to an aromatic ring is 1. The second kappa shape index (κ2) is 6.85. The highest BCUT2D eigenvalue weighted by molar-refractivity contribution is 9.10. The number of benzene rings is 2. The van der Waals surface area contributed by atoms with Gasteiger partial charge in [0.05, 0.1) is 10.9 Å². The summed E-state index contributed by atoms with van der Waals surface area (Å²) in [6.45, 7) is 0. The normalized spacial score (nSPS) is 11.5. The molecule has 2 aromatic carbocycles. The number of hydrogen-bond donors (Lipinski definition) is 1. The number of halogens is 2. The lowest BCUT2D eigenvalue weighted by Crippen LogP contribution is -2.30. The average Bonchev–Trinajstić information content (AvgIpc) is 3.12. The van der Waals surface area contributed by atoms with Crippen LogP contribution in [0.4, 0.5) is 4.39 Å². The van der Waals surface area contributed by atoms with Gasteiger partial charge in [0, 0.05) is 10.0 Å². The molecule has 0 saturated heterocycles. The predicted molar refractivity (Wildman–Crippen MR) is 107 cm³/mol. The third kappa shape index (κ3) is 3.29. The van der Waals surface area contributed by atoms with Crippen molar-refractivity contribution >= 4 is 39.0 Å². The molecule has 2 heterocycles. The van der Waals surface area contributed by atoms with Crippen molar-refractivity contribution in [2.24, 2.45) is 0 Å². The molecule has 134 valence electrons. The van der Waals surface area contributed by atoms with E-state index in [0.717, 1.165) is 10.2 Å². The molecule has 4 aromatic rings. The quantitative estimate of drug-likeness (QED) is 0.492. The Hall–Kier alpha value is -3.19. The lowest BCUT2D eigenvalue weighted by molar-refractivity contribution is 0.571. The number of nitrogens with two attached hydrogens (primary N) is 1. The third-order valence-electron chi connectivity index (χ3n) is 4.06. The molecule has 7 heteroatoms. The van der Waals surface area contributed by atoms with Gasteiger partial charge in [-0.15, -0.1) is 0 Å². The van der Waals surface area contributed by atoms with Gasteiger partial charge < -0.3 is 10.3 Å². The van der Waals surface area contributed by atoms with Gasteiger partial charge in [-0.25, -0.2) is 14.1 Å². The minimum Gasteiger partial charge on any atom is -0.457 e. The Morgan fingerprint density at radius 1 is 1.11 bits per heavy atom. The fourth-order valence-corrected chi connectivity index (χ4v) is 3.26. The monoisotopic (exact) mass is 425 g/mol. The van der Waals surface area contributed by atoms with Crippen LogP contribution in [0.25, 0.3) is 34.4 Å². The molecule has 0 amide bonds. The topological polar surface area (TPSA) is 74.1 Å². The molecule has 0 aliphatic carbocycles. The van der Waals surface area contributed by atoms with Crippen LogP contribution in [0.3, 0.4) is 0 Å². The van der Waals surface area contributed by atoms with Gasteiger partial charge in [-0.1, -0.05) is 12.1 Å². The number of nitrogens with zero attached hydrogens (tertiary/aromatic N) is 2. The van der Waals surface area contributed by atoms with Crippen LogP contribution in [-0.2, 0) is 0 Å². The molecule has 0 fully saturated rings. The largest absolute Gasteiger partial charge is 0.457 e. The highest BCUT2D eigenvalue weighted by atomic mass is 79.9. The Balaban J connectivity index is 1.68. The number of rotatable bonds is 3. The van der Waals surface area contributed by atoms with Crippen molar-refractivity contribution in [3.05, 3.63) is 86.8 Å². The van der Waals surface area contributed by atoms with E-state index in [0.29, 0.717) is 32.7 Å². The van der Waals surface area contributed by atoms with E-state index in [4.69, 9.17) is 10.3 Å². The molecule has 0 aliphatic rings. The van der Waals surface area contributed by atoms with E-state index in [9.17, 15) is 9.18 Å². The molecule has 4 rings (SSSR count). The minimum absolute atomic E-state index is 0.305. The van der Waals surface area contributed by atoms with Gasteiger partial charge in [0.25, 0.3) is 5.56 Å². The van der Waals surface area contributed by atoms with Crippen LogP contribution >= 0.6 is 15.9 Å². The van der Waals surface area contributed by atoms with Crippen LogP contribution in [-0.4, -0.2) is 9.66 Å². The van der Waals surface area contributed by atoms with E-state index in [2.05, 4.69) is 20.9 Å². The molecule has 0 aliphatic heterocycles. The van der Waals surface area contributed by atoms with Crippen molar-refractivity contribution in [3.63, 3.8) is 0 Å². The molecule has 27 heavy (non-hydrogen) atoms. The van der Waals surface area contributed by atoms with Gasteiger partial charge in [-0.3, -0.25) is 4.79 Å². The van der Waals surface area contributed by atoms with E-state index in [-0.39, 0.29) is 11.4 Å². The maximum absolute atomic E-state index is 13.2. The summed E-state index contributed by atoms with van der Waals surface area (Å²) >= 11 is 3.33. The first-order chi connectivity index (χ1) is 13.0. The van der Waals surface area contributed by atoms with Crippen molar-refractivity contribution in [1.82, 2.24) is 9.66 Å². The number of furan rings is 1. The van der Waals surface area contributed by atoms with Gasteiger partial charge in [-0.2, -0.15) is 0 Å². The fourth-order valence-electron chi connectivity index (χ4n) is 2.71. The molecule has 2 aromatic heterocycles. The zero-order chi connectivity index (χ0) is 19.0. The van der Waals surface area contributed by atoms with Crippen LogP contribution < -0.4 is 11.4 Å². The second-order valence-corrected chi connectivity index (χ2v) is 6.68. The van der Waals surface area contributed by atoms with Crippen LogP contribution in [0.1, 0.15) is 11.6 Å². The van der Waals surface area contributed by atoms with Gasteiger partial charge in [0.1, 0.15) is 17.3 Å². The molecule has 5 nitrogen and oxygen atoms in total. The van der Waals surface area contributed by atoms with Crippen LogP contribution in [0.2, 0.25) is 0 Å². The predicted octanol–water partition coefficient (Wildman–Crippen LogP) is 4.44. The van der Waals surface area contributed by atoms with E-state index in [1.54, 1.807) is 48.6 Å². The SMILES string of the molecule is Nn1c(/C=C/c2ccc(-c3ccc(F)cc3Br)o2)nc2ccccc2c1=O. The lowest BCUT2D eigenvalue weighted by Gasteiger charge is -2.04. The number of hydrogen-bond acceptors (Lipinski definition) is 4. The summed E-state index contributed by atoms with van der Waals surface area (Å²) in [6.07, 6.45) is 3.27. The molecule has 2 N–H and O–H groups in total. The summed E-state index contributed by atoms with van der Waals surface area (Å²) in [4.78, 5) is 16.7. The molecule has 0 unspecified atom stereocenters. The Kier molecular flexibility index (Phi) is 4.37.